The normalized spacial score (nSPS) is 11.7. The van der Waals surface area contributed by atoms with E-state index in [-0.39, 0.29) is 0 Å². The molecule has 0 heterocycles. The summed E-state index contributed by atoms with van der Waals surface area (Å²) in [6.07, 6.45) is 2.50. The molecule has 0 radical (unpaired) electrons. The zero-order valence-corrected chi connectivity index (χ0v) is 12.2. The van der Waals surface area contributed by atoms with Crippen molar-refractivity contribution in [2.24, 2.45) is 5.16 Å². The van der Waals surface area contributed by atoms with Gasteiger partial charge in [0, 0.05) is 6.26 Å². The third-order valence-corrected chi connectivity index (χ3v) is 3.97. The van der Waals surface area contributed by atoms with E-state index in [1.165, 1.54) is 12.5 Å². The summed E-state index contributed by atoms with van der Waals surface area (Å²) in [5.41, 5.74) is 1.64. The van der Waals surface area contributed by atoms with Gasteiger partial charge in [-0.1, -0.05) is 17.3 Å². The summed E-state index contributed by atoms with van der Waals surface area (Å²) in [5.74, 6) is 0.678. The van der Waals surface area contributed by atoms with Gasteiger partial charge in [-0.15, -0.1) is 0 Å². The average molecular weight is 305 g/mol. The minimum atomic E-state index is -3.17. The molecule has 2 rings (SSSR count). The number of sulfone groups is 1. The van der Waals surface area contributed by atoms with Gasteiger partial charge < -0.3 is 9.94 Å². The predicted molar refractivity (Wildman–Crippen MR) is 79.7 cm³/mol. The molecule has 5 nitrogen and oxygen atoms in total. The van der Waals surface area contributed by atoms with Crippen molar-refractivity contribution < 1.29 is 18.4 Å². The summed E-state index contributed by atoms with van der Waals surface area (Å²) < 4.78 is 28.3. The molecule has 0 spiro atoms. The van der Waals surface area contributed by atoms with Crippen molar-refractivity contribution in [3.8, 4) is 5.75 Å². The number of rotatable bonds is 5. The molecular weight excluding hydrogens is 290 g/mol. The second-order valence-electron chi connectivity index (χ2n) is 4.52. The van der Waals surface area contributed by atoms with Gasteiger partial charge in [-0.3, -0.25) is 0 Å². The van der Waals surface area contributed by atoms with Crippen LogP contribution in [0.25, 0.3) is 0 Å². The van der Waals surface area contributed by atoms with E-state index >= 15 is 0 Å². The number of ether oxygens (including phenoxy) is 1. The molecule has 0 aliphatic heterocycles. The molecule has 0 fully saturated rings. The minimum Gasteiger partial charge on any atom is -0.489 e. The minimum absolute atomic E-state index is 0.291. The third-order valence-electron chi connectivity index (χ3n) is 2.84. The Morgan fingerprint density at radius 1 is 1.10 bits per heavy atom. The second kappa shape index (κ2) is 6.41. The Balaban J connectivity index is 1.99. The lowest BCUT2D eigenvalue weighted by Crippen LogP contribution is -1.99. The summed E-state index contributed by atoms with van der Waals surface area (Å²) in [5, 5.41) is 11.4. The number of benzene rings is 2. The van der Waals surface area contributed by atoms with E-state index in [9.17, 15) is 8.42 Å². The quantitative estimate of drug-likeness (QED) is 0.523. The van der Waals surface area contributed by atoms with Gasteiger partial charge in [0.25, 0.3) is 0 Å². The molecule has 0 amide bonds. The fourth-order valence-electron chi connectivity index (χ4n) is 1.72. The number of oxime groups is 1. The van der Waals surface area contributed by atoms with Crippen LogP contribution in [0.5, 0.6) is 5.75 Å². The molecule has 2 aromatic rings. The van der Waals surface area contributed by atoms with Crippen molar-refractivity contribution in [1.29, 1.82) is 0 Å². The Bertz CT molecular complexity index is 719. The van der Waals surface area contributed by atoms with Crippen LogP contribution in [0.3, 0.4) is 0 Å². The van der Waals surface area contributed by atoms with Crippen LogP contribution in [0.2, 0.25) is 0 Å². The van der Waals surface area contributed by atoms with E-state index < -0.39 is 9.84 Å². The highest BCUT2D eigenvalue weighted by Crippen LogP contribution is 2.15. The lowest BCUT2D eigenvalue weighted by Gasteiger charge is -2.07. The Kier molecular flexibility index (Phi) is 4.59. The predicted octanol–water partition coefficient (Wildman–Crippen LogP) is 2.48. The lowest BCUT2D eigenvalue weighted by molar-refractivity contribution is 0.306. The van der Waals surface area contributed by atoms with E-state index in [1.807, 2.05) is 0 Å². The number of nitrogens with zero attached hydrogens (tertiary/aromatic N) is 1. The number of hydrogen-bond acceptors (Lipinski definition) is 5. The fourth-order valence-corrected chi connectivity index (χ4v) is 2.35. The highest BCUT2D eigenvalue weighted by molar-refractivity contribution is 7.90. The highest BCUT2D eigenvalue weighted by Gasteiger charge is 2.06. The first-order chi connectivity index (χ1) is 9.99. The molecule has 0 aliphatic rings. The fraction of sp³-hybridized carbons (Fsp3) is 0.133. The van der Waals surface area contributed by atoms with Gasteiger partial charge in [0.1, 0.15) is 12.4 Å². The third kappa shape index (κ3) is 4.32. The topological polar surface area (TPSA) is 76.0 Å². The van der Waals surface area contributed by atoms with Crippen LogP contribution in [0.4, 0.5) is 0 Å². The van der Waals surface area contributed by atoms with Gasteiger partial charge in [0.2, 0.25) is 0 Å². The Morgan fingerprint density at radius 2 is 1.71 bits per heavy atom. The van der Waals surface area contributed by atoms with Crippen molar-refractivity contribution >= 4 is 16.1 Å². The Hall–Kier alpha value is -2.34. The summed E-state index contributed by atoms with van der Waals surface area (Å²) in [6.45, 7) is 0.345. The SMILES string of the molecule is CS(=O)(=O)c1ccc(COc2ccc(C=NO)cc2)cc1. The van der Waals surface area contributed by atoms with Crippen LogP contribution < -0.4 is 4.74 Å². The van der Waals surface area contributed by atoms with Gasteiger partial charge in [0.05, 0.1) is 11.1 Å². The highest BCUT2D eigenvalue weighted by atomic mass is 32.2. The van der Waals surface area contributed by atoms with Crippen LogP contribution in [0, 0.1) is 0 Å². The first-order valence-corrected chi connectivity index (χ1v) is 8.07. The summed E-state index contributed by atoms with van der Waals surface area (Å²) in [4.78, 5) is 0.291. The largest absolute Gasteiger partial charge is 0.489 e. The van der Waals surface area contributed by atoms with Crippen molar-refractivity contribution in [2.45, 2.75) is 11.5 Å². The first-order valence-electron chi connectivity index (χ1n) is 6.18. The molecule has 0 aliphatic carbocycles. The molecule has 0 saturated carbocycles. The standard InChI is InChI=1S/C15H15NO4S/c1-21(18,19)15-8-4-13(5-9-15)11-20-14-6-2-12(3-7-14)10-16-17/h2-10,17H,11H2,1H3. The van der Waals surface area contributed by atoms with E-state index in [1.54, 1.807) is 48.5 Å². The zero-order valence-electron chi connectivity index (χ0n) is 11.4. The average Bonchev–Trinajstić information content (AvgIpc) is 2.46. The van der Waals surface area contributed by atoms with Crippen molar-refractivity contribution in [1.82, 2.24) is 0 Å². The van der Waals surface area contributed by atoms with Gasteiger partial charge in [-0.2, -0.15) is 0 Å². The van der Waals surface area contributed by atoms with Crippen molar-refractivity contribution in [3.05, 3.63) is 59.7 Å². The summed E-state index contributed by atoms with van der Waals surface area (Å²) in [6, 6.07) is 13.6. The van der Waals surface area contributed by atoms with Crippen molar-refractivity contribution in [2.75, 3.05) is 6.26 Å². The molecule has 0 saturated heterocycles. The molecule has 0 unspecified atom stereocenters. The Labute approximate surface area is 123 Å². The number of hydrogen-bond donors (Lipinski definition) is 1. The monoisotopic (exact) mass is 305 g/mol. The maximum atomic E-state index is 11.3. The maximum Gasteiger partial charge on any atom is 0.175 e. The van der Waals surface area contributed by atoms with E-state index in [0.29, 0.717) is 17.3 Å². The summed E-state index contributed by atoms with van der Waals surface area (Å²) >= 11 is 0. The molecule has 1 N–H and O–H groups in total. The molecule has 0 bridgehead atoms. The van der Waals surface area contributed by atoms with Crippen LogP contribution in [0.15, 0.2) is 58.6 Å². The molecule has 2 aromatic carbocycles. The van der Waals surface area contributed by atoms with E-state index in [0.717, 1.165) is 11.1 Å². The van der Waals surface area contributed by atoms with Crippen LogP contribution in [0.1, 0.15) is 11.1 Å². The van der Waals surface area contributed by atoms with Crippen LogP contribution in [-0.4, -0.2) is 26.1 Å². The molecular formula is C15H15NO4S. The van der Waals surface area contributed by atoms with Gasteiger partial charge >= 0.3 is 0 Å². The lowest BCUT2D eigenvalue weighted by atomic mass is 10.2. The second-order valence-corrected chi connectivity index (χ2v) is 6.53. The van der Waals surface area contributed by atoms with Gasteiger partial charge in [0.15, 0.2) is 9.84 Å². The molecule has 0 atom stereocenters. The van der Waals surface area contributed by atoms with E-state index in [4.69, 9.17) is 9.94 Å². The van der Waals surface area contributed by atoms with Crippen molar-refractivity contribution in [3.63, 3.8) is 0 Å². The van der Waals surface area contributed by atoms with Crippen LogP contribution >= 0.6 is 0 Å². The smallest absolute Gasteiger partial charge is 0.175 e. The first kappa shape index (κ1) is 15.1. The van der Waals surface area contributed by atoms with Gasteiger partial charge in [-0.25, -0.2) is 8.42 Å². The molecule has 6 heteroatoms. The molecule has 21 heavy (non-hydrogen) atoms. The Morgan fingerprint density at radius 3 is 2.24 bits per heavy atom. The molecule has 110 valence electrons. The maximum absolute atomic E-state index is 11.3. The van der Waals surface area contributed by atoms with E-state index in [2.05, 4.69) is 5.16 Å². The zero-order chi connectivity index (χ0) is 15.3. The van der Waals surface area contributed by atoms with Gasteiger partial charge in [-0.05, 0) is 47.5 Å². The summed E-state index contributed by atoms with van der Waals surface area (Å²) in [7, 11) is -3.17. The van der Waals surface area contributed by atoms with Crippen LogP contribution in [-0.2, 0) is 16.4 Å². The molecule has 0 aromatic heterocycles.